The second-order valence-corrected chi connectivity index (χ2v) is 4.14. The molecule has 1 atom stereocenters. The van der Waals surface area contributed by atoms with Crippen LogP contribution in [0, 0.1) is 0 Å². The van der Waals surface area contributed by atoms with E-state index in [0.717, 1.165) is 6.42 Å². The van der Waals surface area contributed by atoms with Gasteiger partial charge in [-0.25, -0.2) is 0 Å². The number of hydrogen-bond acceptors (Lipinski definition) is 3. The molecule has 0 bridgehead atoms. The maximum Gasteiger partial charge on any atom is 0.242 e. The highest BCUT2D eigenvalue weighted by Crippen LogP contribution is 2.32. The highest BCUT2D eigenvalue weighted by molar-refractivity contribution is 5.93. The van der Waals surface area contributed by atoms with Crippen LogP contribution in [0.3, 0.4) is 0 Å². The van der Waals surface area contributed by atoms with Gasteiger partial charge in [0.2, 0.25) is 11.8 Å². The van der Waals surface area contributed by atoms with Crippen molar-refractivity contribution in [3.8, 4) is 0 Å². The van der Waals surface area contributed by atoms with Crippen LogP contribution in [0.5, 0.6) is 0 Å². The van der Waals surface area contributed by atoms with Crippen molar-refractivity contribution in [1.29, 1.82) is 0 Å². The summed E-state index contributed by atoms with van der Waals surface area (Å²) in [4.78, 5) is 22.9. The molecule has 1 aliphatic rings. The van der Waals surface area contributed by atoms with Crippen molar-refractivity contribution >= 4 is 11.8 Å². The lowest BCUT2D eigenvalue weighted by molar-refractivity contribution is -0.129. The van der Waals surface area contributed by atoms with E-state index in [1.807, 2.05) is 6.92 Å². The van der Waals surface area contributed by atoms with Gasteiger partial charge in [-0.2, -0.15) is 0 Å². The predicted molar refractivity (Wildman–Crippen MR) is 57.1 cm³/mol. The van der Waals surface area contributed by atoms with Crippen molar-refractivity contribution in [2.75, 3.05) is 6.54 Å². The molecule has 0 aromatic heterocycles. The van der Waals surface area contributed by atoms with Gasteiger partial charge in [-0.3, -0.25) is 9.59 Å². The first-order valence-corrected chi connectivity index (χ1v) is 5.37. The number of rotatable bonds is 5. The summed E-state index contributed by atoms with van der Waals surface area (Å²) in [5.41, 5.74) is 4.99. The fourth-order valence-corrected chi connectivity index (χ4v) is 1.17. The monoisotopic (exact) mass is 213 g/mol. The number of nitrogens with one attached hydrogen (secondary N) is 2. The molecule has 86 valence electrons. The molecule has 0 aromatic carbocycles. The lowest BCUT2D eigenvalue weighted by Gasteiger charge is -2.16. The van der Waals surface area contributed by atoms with Crippen LogP contribution in [-0.4, -0.2) is 29.9 Å². The first kappa shape index (κ1) is 12.0. The van der Waals surface area contributed by atoms with E-state index in [4.69, 9.17) is 5.73 Å². The zero-order valence-electron chi connectivity index (χ0n) is 9.30. The zero-order chi connectivity index (χ0) is 11.5. The van der Waals surface area contributed by atoms with Crippen molar-refractivity contribution < 1.29 is 9.59 Å². The first-order valence-electron chi connectivity index (χ1n) is 5.37. The van der Waals surface area contributed by atoms with E-state index < -0.39 is 11.6 Å². The Bertz CT molecular complexity index is 261. The summed E-state index contributed by atoms with van der Waals surface area (Å²) in [5.74, 6) is -0.379. The first-order chi connectivity index (χ1) is 6.99. The van der Waals surface area contributed by atoms with Gasteiger partial charge in [-0.1, -0.05) is 6.92 Å². The van der Waals surface area contributed by atoms with Crippen LogP contribution in [0.4, 0.5) is 0 Å². The Morgan fingerprint density at radius 3 is 2.53 bits per heavy atom. The average Bonchev–Trinajstić information content (AvgIpc) is 2.94. The quantitative estimate of drug-likeness (QED) is 0.576. The molecule has 5 nitrogen and oxygen atoms in total. The number of carbonyl (C=O) groups is 2. The van der Waals surface area contributed by atoms with E-state index in [9.17, 15) is 9.59 Å². The second-order valence-electron chi connectivity index (χ2n) is 4.14. The average molecular weight is 213 g/mol. The molecule has 1 aliphatic carbocycles. The van der Waals surface area contributed by atoms with E-state index >= 15 is 0 Å². The summed E-state index contributed by atoms with van der Waals surface area (Å²) in [6.07, 6.45) is 2.30. The zero-order valence-corrected chi connectivity index (χ0v) is 9.30. The molecular formula is C10H19N3O2. The number of amides is 2. The van der Waals surface area contributed by atoms with Gasteiger partial charge in [0.05, 0.1) is 5.54 Å². The molecule has 4 N–H and O–H groups in total. The van der Waals surface area contributed by atoms with Crippen molar-refractivity contribution in [3.05, 3.63) is 0 Å². The van der Waals surface area contributed by atoms with Gasteiger partial charge in [-0.05, 0) is 26.2 Å². The minimum absolute atomic E-state index is 0.158. The molecule has 1 unspecified atom stereocenters. The van der Waals surface area contributed by atoms with Crippen LogP contribution in [0.1, 0.15) is 33.1 Å². The molecule has 0 spiro atoms. The van der Waals surface area contributed by atoms with Crippen molar-refractivity contribution in [3.63, 3.8) is 0 Å². The SMILES string of the molecule is CCCNC(=O)C(C)NC(=O)C1(N)CC1. The lowest BCUT2D eigenvalue weighted by Crippen LogP contribution is -2.51. The van der Waals surface area contributed by atoms with Crippen LogP contribution in [-0.2, 0) is 9.59 Å². The largest absolute Gasteiger partial charge is 0.354 e. The van der Waals surface area contributed by atoms with E-state index in [2.05, 4.69) is 10.6 Å². The third kappa shape index (κ3) is 3.20. The van der Waals surface area contributed by atoms with E-state index in [-0.39, 0.29) is 11.8 Å². The van der Waals surface area contributed by atoms with Crippen LogP contribution in [0.15, 0.2) is 0 Å². The highest BCUT2D eigenvalue weighted by Gasteiger charge is 2.46. The molecule has 0 aromatic rings. The standard InChI is InChI=1S/C10H19N3O2/c1-3-6-12-8(14)7(2)13-9(15)10(11)4-5-10/h7H,3-6,11H2,1-2H3,(H,12,14)(H,13,15). The van der Waals surface area contributed by atoms with Gasteiger partial charge in [0, 0.05) is 6.54 Å². The van der Waals surface area contributed by atoms with Crippen molar-refractivity contribution in [2.45, 2.75) is 44.7 Å². The summed E-state index contributed by atoms with van der Waals surface area (Å²) >= 11 is 0. The maximum atomic E-state index is 11.5. The third-order valence-corrected chi connectivity index (χ3v) is 2.53. The van der Waals surface area contributed by atoms with E-state index in [0.29, 0.717) is 19.4 Å². The molecule has 1 rings (SSSR count). The van der Waals surface area contributed by atoms with E-state index in [1.54, 1.807) is 6.92 Å². The number of carbonyl (C=O) groups excluding carboxylic acids is 2. The minimum Gasteiger partial charge on any atom is -0.354 e. The highest BCUT2D eigenvalue weighted by atomic mass is 16.2. The molecule has 0 radical (unpaired) electrons. The lowest BCUT2D eigenvalue weighted by atomic mass is 10.2. The van der Waals surface area contributed by atoms with Crippen molar-refractivity contribution in [2.24, 2.45) is 5.73 Å². The number of nitrogens with two attached hydrogens (primary N) is 1. The molecule has 0 saturated heterocycles. The molecule has 0 heterocycles. The van der Waals surface area contributed by atoms with Gasteiger partial charge in [0.1, 0.15) is 6.04 Å². The Hall–Kier alpha value is -1.10. The Morgan fingerprint density at radius 1 is 1.47 bits per heavy atom. The Labute approximate surface area is 89.8 Å². The van der Waals surface area contributed by atoms with Gasteiger partial charge >= 0.3 is 0 Å². The van der Waals surface area contributed by atoms with Crippen molar-refractivity contribution in [1.82, 2.24) is 10.6 Å². The molecule has 5 heteroatoms. The molecule has 15 heavy (non-hydrogen) atoms. The number of hydrogen-bond donors (Lipinski definition) is 3. The van der Waals surface area contributed by atoms with Crippen LogP contribution in [0.25, 0.3) is 0 Å². The third-order valence-electron chi connectivity index (χ3n) is 2.53. The molecule has 0 aliphatic heterocycles. The summed E-state index contributed by atoms with van der Waals surface area (Å²) in [7, 11) is 0. The fourth-order valence-electron chi connectivity index (χ4n) is 1.17. The molecule has 1 fully saturated rings. The van der Waals surface area contributed by atoms with E-state index in [1.165, 1.54) is 0 Å². The van der Waals surface area contributed by atoms with Crippen LogP contribution in [0.2, 0.25) is 0 Å². The minimum atomic E-state index is -0.709. The summed E-state index contributed by atoms with van der Waals surface area (Å²) in [6, 6.07) is -0.509. The summed E-state index contributed by atoms with van der Waals surface area (Å²) in [5, 5.41) is 5.33. The van der Waals surface area contributed by atoms with Crippen LogP contribution >= 0.6 is 0 Å². The molecule has 1 saturated carbocycles. The van der Waals surface area contributed by atoms with Gasteiger partial charge in [0.25, 0.3) is 0 Å². The summed E-state index contributed by atoms with van der Waals surface area (Å²) < 4.78 is 0. The Kier molecular flexibility index (Phi) is 3.68. The smallest absolute Gasteiger partial charge is 0.242 e. The van der Waals surface area contributed by atoms with Gasteiger partial charge < -0.3 is 16.4 Å². The fraction of sp³-hybridized carbons (Fsp3) is 0.800. The van der Waals surface area contributed by atoms with Gasteiger partial charge in [0.15, 0.2) is 0 Å². The Morgan fingerprint density at radius 2 is 2.07 bits per heavy atom. The van der Waals surface area contributed by atoms with Gasteiger partial charge in [-0.15, -0.1) is 0 Å². The second kappa shape index (κ2) is 4.61. The Balaban J connectivity index is 2.31. The normalized spacial score (nSPS) is 19.1. The molecular weight excluding hydrogens is 194 g/mol. The maximum absolute atomic E-state index is 11.5. The summed E-state index contributed by atoms with van der Waals surface area (Å²) in [6.45, 7) is 4.27. The predicted octanol–water partition coefficient (Wildman–Crippen LogP) is -0.491. The topological polar surface area (TPSA) is 84.2 Å². The molecule has 2 amide bonds. The van der Waals surface area contributed by atoms with Crippen LogP contribution < -0.4 is 16.4 Å².